The minimum atomic E-state index is -0.550. The van der Waals surface area contributed by atoms with E-state index in [1.165, 1.54) is 0 Å². The Kier molecular flexibility index (Phi) is 3.16. The van der Waals surface area contributed by atoms with Crippen molar-refractivity contribution in [3.8, 4) is 11.5 Å². The van der Waals surface area contributed by atoms with E-state index in [4.69, 9.17) is 14.5 Å². The first-order valence-electron chi connectivity index (χ1n) is 8.11. The molecule has 2 aromatic heterocycles. The van der Waals surface area contributed by atoms with Crippen LogP contribution in [0.15, 0.2) is 48.8 Å². The average Bonchev–Trinajstić information content (AvgIpc) is 3.32. The number of pyridine rings is 1. The second-order valence-electron chi connectivity index (χ2n) is 6.28. The molecular formula is C18H17N3O3. The number of ether oxygens (including phenoxy) is 2. The van der Waals surface area contributed by atoms with Gasteiger partial charge in [-0.1, -0.05) is 24.3 Å². The molecule has 0 aliphatic carbocycles. The third-order valence-electron chi connectivity index (χ3n) is 4.85. The third-order valence-corrected chi connectivity index (χ3v) is 4.85. The predicted octanol–water partition coefficient (Wildman–Crippen LogP) is 1.80. The van der Waals surface area contributed by atoms with Crippen LogP contribution in [-0.2, 0) is 9.47 Å². The molecule has 0 amide bonds. The zero-order valence-corrected chi connectivity index (χ0v) is 12.9. The number of hydrogen-bond donors (Lipinski definition) is 1. The Labute approximate surface area is 138 Å². The van der Waals surface area contributed by atoms with Gasteiger partial charge in [0.15, 0.2) is 5.82 Å². The smallest absolute Gasteiger partial charge is 0.159 e. The molecule has 4 heterocycles. The Hall–Kier alpha value is -2.28. The van der Waals surface area contributed by atoms with E-state index in [1.54, 1.807) is 6.20 Å². The first-order chi connectivity index (χ1) is 11.8. The van der Waals surface area contributed by atoms with E-state index >= 15 is 0 Å². The van der Waals surface area contributed by atoms with Crippen LogP contribution in [0.25, 0.3) is 22.4 Å². The van der Waals surface area contributed by atoms with Gasteiger partial charge in [0.05, 0.1) is 24.8 Å². The first kappa shape index (κ1) is 14.1. The molecule has 6 nitrogen and oxygen atoms in total. The van der Waals surface area contributed by atoms with E-state index in [2.05, 4.69) is 15.6 Å². The standard InChI is InChI=1S/C18H17N3O3/c22-15-10-24-16-14(9-23-17(15)16)21-8-7-19-18(21)13-6-5-11-3-1-2-4-12(11)20-13/h1-8,14-17,22H,9-10H2/t14-,15-,16-,17-/m1/s1. The largest absolute Gasteiger partial charge is 0.388 e. The minimum absolute atomic E-state index is 0.00193. The van der Waals surface area contributed by atoms with Crippen molar-refractivity contribution in [2.75, 3.05) is 13.2 Å². The van der Waals surface area contributed by atoms with Crippen molar-refractivity contribution < 1.29 is 14.6 Å². The van der Waals surface area contributed by atoms with Gasteiger partial charge in [-0.15, -0.1) is 0 Å². The van der Waals surface area contributed by atoms with Crippen molar-refractivity contribution in [3.05, 3.63) is 48.8 Å². The average molecular weight is 323 g/mol. The second-order valence-corrected chi connectivity index (χ2v) is 6.28. The predicted molar refractivity (Wildman–Crippen MR) is 87.5 cm³/mol. The van der Waals surface area contributed by atoms with E-state index in [1.807, 2.05) is 36.5 Å². The SMILES string of the molecule is O[C@@H]1CO[C@H]2[C@@H]1OC[C@H]2n1ccnc1-c1ccc2ccccc2n1. The molecule has 3 aromatic rings. The van der Waals surface area contributed by atoms with Gasteiger partial charge in [0.1, 0.15) is 24.0 Å². The highest BCUT2D eigenvalue weighted by Crippen LogP contribution is 2.36. The van der Waals surface area contributed by atoms with E-state index in [-0.39, 0.29) is 18.2 Å². The summed E-state index contributed by atoms with van der Waals surface area (Å²) in [5.41, 5.74) is 1.76. The molecule has 2 saturated heterocycles. The van der Waals surface area contributed by atoms with Gasteiger partial charge < -0.3 is 19.1 Å². The summed E-state index contributed by atoms with van der Waals surface area (Å²) in [5, 5.41) is 11.0. The van der Waals surface area contributed by atoms with Crippen molar-refractivity contribution in [2.45, 2.75) is 24.4 Å². The lowest BCUT2D eigenvalue weighted by molar-refractivity contribution is 0.0172. The molecule has 24 heavy (non-hydrogen) atoms. The number of nitrogens with zero attached hydrogens (tertiary/aromatic N) is 3. The van der Waals surface area contributed by atoms with Crippen LogP contribution in [-0.4, -0.2) is 51.2 Å². The Morgan fingerprint density at radius 2 is 1.92 bits per heavy atom. The Morgan fingerprint density at radius 1 is 1.04 bits per heavy atom. The summed E-state index contributed by atoms with van der Waals surface area (Å²) in [6, 6.07) is 12.1. The molecule has 2 aliphatic rings. The van der Waals surface area contributed by atoms with Crippen LogP contribution in [0.5, 0.6) is 0 Å². The van der Waals surface area contributed by atoms with Crippen molar-refractivity contribution >= 4 is 10.9 Å². The molecule has 2 aliphatic heterocycles. The molecule has 0 unspecified atom stereocenters. The number of imidazole rings is 1. The number of fused-ring (bicyclic) bond motifs is 2. The summed E-state index contributed by atoms with van der Waals surface area (Å²) in [7, 11) is 0. The van der Waals surface area contributed by atoms with Crippen molar-refractivity contribution in [1.82, 2.24) is 14.5 Å². The highest BCUT2D eigenvalue weighted by Gasteiger charge is 2.48. The molecule has 2 fully saturated rings. The van der Waals surface area contributed by atoms with E-state index in [0.717, 1.165) is 22.4 Å². The van der Waals surface area contributed by atoms with Crippen LogP contribution < -0.4 is 0 Å². The first-order valence-corrected chi connectivity index (χ1v) is 8.11. The fourth-order valence-corrected chi connectivity index (χ4v) is 3.67. The summed E-state index contributed by atoms with van der Waals surface area (Å²) in [4.78, 5) is 9.23. The fourth-order valence-electron chi connectivity index (χ4n) is 3.67. The maximum absolute atomic E-state index is 9.93. The number of aromatic nitrogens is 3. The van der Waals surface area contributed by atoms with Crippen LogP contribution in [0.3, 0.4) is 0 Å². The lowest BCUT2D eigenvalue weighted by Crippen LogP contribution is -2.30. The normalized spacial score (nSPS) is 29.2. The van der Waals surface area contributed by atoms with Crippen molar-refractivity contribution in [3.63, 3.8) is 0 Å². The number of benzene rings is 1. The third kappa shape index (κ3) is 2.07. The number of aliphatic hydroxyl groups is 1. The molecule has 6 heteroatoms. The lowest BCUT2D eigenvalue weighted by Gasteiger charge is -2.19. The maximum Gasteiger partial charge on any atom is 0.159 e. The number of hydrogen-bond acceptors (Lipinski definition) is 5. The van der Waals surface area contributed by atoms with Gasteiger partial charge in [-0.3, -0.25) is 0 Å². The number of aliphatic hydroxyl groups excluding tert-OH is 1. The molecule has 122 valence electrons. The monoisotopic (exact) mass is 323 g/mol. The Balaban J connectivity index is 1.55. The molecule has 1 N–H and O–H groups in total. The summed E-state index contributed by atoms with van der Waals surface area (Å²) < 4.78 is 13.5. The molecule has 0 saturated carbocycles. The van der Waals surface area contributed by atoms with Gasteiger partial charge in [0, 0.05) is 17.8 Å². The molecular weight excluding hydrogens is 306 g/mol. The summed E-state index contributed by atoms with van der Waals surface area (Å²) >= 11 is 0. The summed E-state index contributed by atoms with van der Waals surface area (Å²) in [5.74, 6) is 0.792. The topological polar surface area (TPSA) is 69.4 Å². The molecule has 1 aromatic carbocycles. The van der Waals surface area contributed by atoms with Gasteiger partial charge in [0.2, 0.25) is 0 Å². The number of rotatable bonds is 2. The van der Waals surface area contributed by atoms with Crippen molar-refractivity contribution in [2.24, 2.45) is 0 Å². The highest BCUT2D eigenvalue weighted by molar-refractivity contribution is 5.80. The molecule has 0 bridgehead atoms. The minimum Gasteiger partial charge on any atom is -0.388 e. The van der Waals surface area contributed by atoms with Crippen LogP contribution in [0.2, 0.25) is 0 Å². The fraction of sp³-hybridized carbons (Fsp3) is 0.333. The number of para-hydroxylation sites is 1. The molecule has 0 spiro atoms. The zero-order valence-electron chi connectivity index (χ0n) is 12.9. The van der Waals surface area contributed by atoms with Crippen LogP contribution >= 0.6 is 0 Å². The second kappa shape index (κ2) is 5.37. The Morgan fingerprint density at radius 3 is 2.88 bits per heavy atom. The highest BCUT2D eigenvalue weighted by atomic mass is 16.6. The van der Waals surface area contributed by atoms with Crippen LogP contribution in [0.4, 0.5) is 0 Å². The van der Waals surface area contributed by atoms with Crippen molar-refractivity contribution in [1.29, 1.82) is 0 Å². The van der Waals surface area contributed by atoms with Crippen LogP contribution in [0.1, 0.15) is 6.04 Å². The Bertz CT molecular complexity index is 894. The lowest BCUT2D eigenvalue weighted by atomic mass is 10.1. The van der Waals surface area contributed by atoms with E-state index in [9.17, 15) is 5.11 Å². The van der Waals surface area contributed by atoms with Gasteiger partial charge >= 0.3 is 0 Å². The molecule has 5 rings (SSSR count). The zero-order chi connectivity index (χ0) is 16.1. The van der Waals surface area contributed by atoms with Crippen LogP contribution in [0, 0.1) is 0 Å². The molecule has 0 radical (unpaired) electrons. The van der Waals surface area contributed by atoms with Gasteiger partial charge in [-0.2, -0.15) is 0 Å². The van der Waals surface area contributed by atoms with Gasteiger partial charge in [-0.05, 0) is 12.1 Å². The van der Waals surface area contributed by atoms with Gasteiger partial charge in [-0.25, -0.2) is 9.97 Å². The van der Waals surface area contributed by atoms with Gasteiger partial charge in [0.25, 0.3) is 0 Å². The quantitative estimate of drug-likeness (QED) is 0.779. The summed E-state index contributed by atoms with van der Waals surface area (Å²) in [6.45, 7) is 0.827. The maximum atomic E-state index is 9.93. The van der Waals surface area contributed by atoms with E-state index in [0.29, 0.717) is 13.2 Å². The summed E-state index contributed by atoms with van der Waals surface area (Å²) in [6.07, 6.45) is 2.75. The molecule has 4 atom stereocenters. The van der Waals surface area contributed by atoms with E-state index < -0.39 is 6.10 Å².